The van der Waals surface area contributed by atoms with Crippen molar-refractivity contribution in [1.29, 1.82) is 0 Å². The van der Waals surface area contributed by atoms with Crippen molar-refractivity contribution in [3.63, 3.8) is 0 Å². The summed E-state index contributed by atoms with van der Waals surface area (Å²) in [7, 11) is -3.45. The maximum absolute atomic E-state index is 12.7. The van der Waals surface area contributed by atoms with E-state index in [1.54, 1.807) is 18.2 Å². The maximum Gasteiger partial charge on any atom is 0.251 e. The van der Waals surface area contributed by atoms with E-state index in [-0.39, 0.29) is 39.1 Å². The first-order chi connectivity index (χ1) is 15.3. The molecule has 2 aliphatic carbocycles. The first-order valence-electron chi connectivity index (χ1n) is 11.1. The van der Waals surface area contributed by atoms with Gasteiger partial charge in [-0.2, -0.15) is 0 Å². The van der Waals surface area contributed by atoms with Gasteiger partial charge in [-0.25, -0.2) is 8.42 Å². The second kappa shape index (κ2) is 8.19. The Bertz CT molecular complexity index is 1270. The molecule has 1 saturated heterocycles. The van der Waals surface area contributed by atoms with E-state index in [2.05, 4.69) is 10.3 Å². The molecule has 8 heteroatoms. The third-order valence-electron chi connectivity index (χ3n) is 6.37. The average Bonchev–Trinajstić information content (AvgIpc) is 3.66. The fourth-order valence-corrected chi connectivity index (χ4v) is 6.57. The molecule has 6 nitrogen and oxygen atoms in total. The SMILES string of the molecule is O=C1CC[C@H](C=C(c2ccc(S(=O)(=O)CC3CC3)c(Cl)c2)c2ccc(C3CC3)c(=O)[nH]2)N1. The highest BCUT2D eigenvalue weighted by atomic mass is 35.5. The number of sulfone groups is 1. The van der Waals surface area contributed by atoms with Crippen molar-refractivity contribution in [2.24, 2.45) is 5.92 Å². The Balaban J connectivity index is 1.54. The Morgan fingerprint density at radius 2 is 1.84 bits per heavy atom. The standard InChI is InChI=1S/C24H25ClN2O4S/c25-20-11-16(5-9-22(20)32(30,31)13-14-1-2-14)19(12-17-6-10-23(28)26-17)21-8-7-18(15-3-4-15)24(29)27-21/h5,7-9,11-12,14-15,17H,1-4,6,10,13H2,(H,26,28)(H,27,29)/t17-/m1/s1. The predicted molar refractivity (Wildman–Crippen MR) is 124 cm³/mol. The highest BCUT2D eigenvalue weighted by molar-refractivity contribution is 7.91. The summed E-state index contributed by atoms with van der Waals surface area (Å²) in [6.07, 6.45) is 6.98. The van der Waals surface area contributed by atoms with Gasteiger partial charge in [0.05, 0.1) is 15.7 Å². The number of carbonyl (C=O) groups excluding carboxylic acids is 1. The summed E-state index contributed by atoms with van der Waals surface area (Å²) in [6.45, 7) is 0. The monoisotopic (exact) mass is 472 g/mol. The van der Waals surface area contributed by atoms with Gasteiger partial charge in [0.1, 0.15) is 0 Å². The molecule has 3 fully saturated rings. The van der Waals surface area contributed by atoms with E-state index in [9.17, 15) is 18.0 Å². The number of H-pyrrole nitrogens is 1. The lowest BCUT2D eigenvalue weighted by atomic mass is 9.98. The lowest BCUT2D eigenvalue weighted by Gasteiger charge is -2.14. The number of amides is 1. The van der Waals surface area contributed by atoms with Crippen molar-refractivity contribution in [2.45, 2.75) is 55.4 Å². The summed E-state index contributed by atoms with van der Waals surface area (Å²) >= 11 is 6.45. The number of hydrogen-bond donors (Lipinski definition) is 2. The molecule has 2 N–H and O–H groups in total. The van der Waals surface area contributed by atoms with Gasteiger partial charge in [0.2, 0.25) is 5.91 Å². The van der Waals surface area contributed by atoms with Crippen LogP contribution in [-0.2, 0) is 14.6 Å². The first-order valence-corrected chi connectivity index (χ1v) is 13.1. The molecule has 2 saturated carbocycles. The Labute approximate surface area is 192 Å². The van der Waals surface area contributed by atoms with Crippen molar-refractivity contribution < 1.29 is 13.2 Å². The molecule has 0 radical (unpaired) electrons. The normalized spacial score (nSPS) is 21.6. The first kappa shape index (κ1) is 21.5. The minimum absolute atomic E-state index is 0.0114. The van der Waals surface area contributed by atoms with Crippen LogP contribution in [0.5, 0.6) is 0 Å². The molecule has 32 heavy (non-hydrogen) atoms. The molecule has 168 valence electrons. The quantitative estimate of drug-likeness (QED) is 0.640. The highest BCUT2D eigenvalue weighted by Gasteiger charge is 2.31. The van der Waals surface area contributed by atoms with E-state index >= 15 is 0 Å². The van der Waals surface area contributed by atoms with Crippen LogP contribution in [0.3, 0.4) is 0 Å². The van der Waals surface area contributed by atoms with Crippen molar-refractivity contribution >= 4 is 32.9 Å². The topological polar surface area (TPSA) is 96.1 Å². The average molecular weight is 473 g/mol. The number of benzene rings is 1. The Morgan fingerprint density at radius 3 is 2.44 bits per heavy atom. The van der Waals surface area contributed by atoms with Gasteiger partial charge in [0, 0.05) is 29.3 Å². The van der Waals surface area contributed by atoms with Crippen molar-refractivity contribution in [2.75, 3.05) is 5.75 Å². The zero-order valence-corrected chi connectivity index (χ0v) is 19.1. The Hall–Kier alpha value is -2.38. The molecule has 0 bridgehead atoms. The number of halogens is 1. The van der Waals surface area contributed by atoms with Gasteiger partial charge < -0.3 is 10.3 Å². The van der Waals surface area contributed by atoms with E-state index in [1.165, 1.54) is 0 Å². The van der Waals surface area contributed by atoms with Crippen LogP contribution in [0, 0.1) is 5.92 Å². The summed E-state index contributed by atoms with van der Waals surface area (Å²) in [5.41, 5.74) is 2.70. The lowest BCUT2D eigenvalue weighted by Crippen LogP contribution is -2.23. The minimum Gasteiger partial charge on any atom is -0.350 e. The summed E-state index contributed by atoms with van der Waals surface area (Å²) in [6, 6.07) is 8.49. The van der Waals surface area contributed by atoms with Crippen LogP contribution in [-0.4, -0.2) is 31.1 Å². The number of aromatic nitrogens is 1. The predicted octanol–water partition coefficient (Wildman–Crippen LogP) is 3.80. The molecule has 1 aliphatic heterocycles. The van der Waals surface area contributed by atoms with Gasteiger partial charge in [-0.1, -0.05) is 29.8 Å². The molecule has 0 spiro atoms. The molecular formula is C24H25ClN2O4S. The summed E-state index contributed by atoms with van der Waals surface area (Å²) in [5, 5.41) is 3.09. The molecule has 1 atom stereocenters. The lowest BCUT2D eigenvalue weighted by molar-refractivity contribution is -0.119. The van der Waals surface area contributed by atoms with E-state index < -0.39 is 9.84 Å². The van der Waals surface area contributed by atoms with Gasteiger partial charge in [-0.3, -0.25) is 9.59 Å². The second-order valence-corrected chi connectivity index (χ2v) is 11.5. The van der Waals surface area contributed by atoms with Crippen LogP contribution in [0.4, 0.5) is 0 Å². The van der Waals surface area contributed by atoms with Gasteiger partial charge >= 0.3 is 0 Å². The molecule has 2 heterocycles. The van der Waals surface area contributed by atoms with Gasteiger partial charge in [-0.15, -0.1) is 0 Å². The van der Waals surface area contributed by atoms with Crippen molar-refractivity contribution in [1.82, 2.24) is 10.3 Å². The molecule has 1 amide bonds. The van der Waals surface area contributed by atoms with Crippen LogP contribution in [0.2, 0.25) is 5.02 Å². The van der Waals surface area contributed by atoms with Crippen LogP contribution in [0.15, 0.2) is 46.1 Å². The van der Waals surface area contributed by atoms with Gasteiger partial charge in [-0.05, 0) is 67.7 Å². The summed E-state index contributed by atoms with van der Waals surface area (Å²) in [5.74, 6) is 0.674. The van der Waals surface area contributed by atoms with Crippen LogP contribution in [0.1, 0.15) is 61.3 Å². The summed E-state index contributed by atoms with van der Waals surface area (Å²) < 4.78 is 25.5. The molecule has 3 aliphatic rings. The highest BCUT2D eigenvalue weighted by Crippen LogP contribution is 2.39. The third kappa shape index (κ3) is 4.55. The number of aromatic amines is 1. The Kier molecular flexibility index (Phi) is 5.50. The van der Waals surface area contributed by atoms with E-state index in [1.807, 2.05) is 18.2 Å². The second-order valence-electron chi connectivity index (χ2n) is 9.09. The molecule has 2 aromatic rings. The number of pyridine rings is 1. The number of hydrogen-bond acceptors (Lipinski definition) is 4. The zero-order chi connectivity index (χ0) is 22.5. The number of rotatable bonds is 7. The van der Waals surface area contributed by atoms with Crippen LogP contribution >= 0.6 is 11.6 Å². The van der Waals surface area contributed by atoms with Crippen molar-refractivity contribution in [3.05, 3.63) is 68.6 Å². The molecule has 0 unspecified atom stereocenters. The van der Waals surface area contributed by atoms with E-state index in [4.69, 9.17) is 11.6 Å². The molecular weight excluding hydrogens is 448 g/mol. The van der Waals surface area contributed by atoms with Gasteiger partial charge in [0.25, 0.3) is 5.56 Å². The van der Waals surface area contributed by atoms with Crippen molar-refractivity contribution in [3.8, 4) is 0 Å². The molecule has 1 aromatic heterocycles. The smallest absolute Gasteiger partial charge is 0.251 e. The molecule has 5 rings (SSSR count). The fourth-order valence-electron chi connectivity index (χ4n) is 4.27. The largest absolute Gasteiger partial charge is 0.350 e. The Morgan fingerprint density at radius 1 is 1.06 bits per heavy atom. The van der Waals surface area contributed by atoms with E-state index in [0.717, 1.165) is 31.2 Å². The fraction of sp³-hybridized carbons (Fsp3) is 0.417. The third-order valence-corrected chi connectivity index (χ3v) is 8.74. The van der Waals surface area contributed by atoms with Crippen LogP contribution < -0.4 is 10.9 Å². The van der Waals surface area contributed by atoms with Crippen LogP contribution in [0.25, 0.3) is 5.57 Å². The molecule has 1 aromatic carbocycles. The van der Waals surface area contributed by atoms with Gasteiger partial charge in [0.15, 0.2) is 9.84 Å². The minimum atomic E-state index is -3.45. The van der Waals surface area contributed by atoms with E-state index in [0.29, 0.717) is 35.6 Å². The number of nitrogens with one attached hydrogen (secondary N) is 2. The maximum atomic E-state index is 12.7. The number of carbonyl (C=O) groups is 1. The zero-order valence-electron chi connectivity index (χ0n) is 17.6. The summed E-state index contributed by atoms with van der Waals surface area (Å²) in [4.78, 5) is 27.5.